The molecule has 0 radical (unpaired) electrons. The minimum atomic E-state index is -0.648. The Kier molecular flexibility index (Phi) is 4.30. The lowest BCUT2D eigenvalue weighted by Crippen LogP contribution is -2.58. The highest BCUT2D eigenvalue weighted by atomic mass is 32.2. The van der Waals surface area contributed by atoms with Crippen molar-refractivity contribution >= 4 is 11.8 Å². The first-order valence-corrected chi connectivity index (χ1v) is 8.39. The van der Waals surface area contributed by atoms with Crippen molar-refractivity contribution in [1.82, 2.24) is 0 Å². The van der Waals surface area contributed by atoms with Crippen molar-refractivity contribution in [1.29, 1.82) is 0 Å². The monoisotopic (exact) mass is 310 g/mol. The van der Waals surface area contributed by atoms with E-state index in [4.69, 9.17) is 15.0 Å². The molecule has 116 valence electrons. The number of thioether (sulfide) groups is 1. The maximum atomic E-state index is 9.10. The van der Waals surface area contributed by atoms with Gasteiger partial charge in [-0.2, -0.15) is 0 Å². The minimum absolute atomic E-state index is 0.198. The molecule has 1 heterocycles. The van der Waals surface area contributed by atoms with Crippen LogP contribution in [0.15, 0.2) is 35.2 Å². The third-order valence-corrected chi connectivity index (χ3v) is 6.19. The van der Waals surface area contributed by atoms with Crippen molar-refractivity contribution in [2.45, 2.75) is 55.3 Å². The smallest absolute Gasteiger partial charge is 0.130 e. The quantitative estimate of drug-likeness (QED) is 0.519. The summed E-state index contributed by atoms with van der Waals surface area (Å²) in [6.07, 6.45) is 2.43. The normalized spacial score (nSPS) is 39.2. The summed E-state index contributed by atoms with van der Waals surface area (Å²) in [5.74, 6) is 1.28. The summed E-state index contributed by atoms with van der Waals surface area (Å²) in [6, 6.07) is 10.3. The lowest BCUT2D eigenvalue weighted by atomic mass is 9.71. The van der Waals surface area contributed by atoms with Crippen LogP contribution in [-0.2, 0) is 14.7 Å². The third kappa shape index (κ3) is 2.98. The highest BCUT2D eigenvalue weighted by Gasteiger charge is 2.53. The molecule has 1 aromatic carbocycles. The maximum absolute atomic E-state index is 9.10. The molecule has 3 rings (SSSR count). The number of benzene rings is 1. The zero-order valence-electron chi connectivity index (χ0n) is 12.5. The van der Waals surface area contributed by atoms with Gasteiger partial charge in [-0.25, -0.2) is 14.7 Å². The summed E-state index contributed by atoms with van der Waals surface area (Å²) in [6.45, 7) is 3.99. The van der Waals surface area contributed by atoms with Crippen molar-refractivity contribution in [2.75, 3.05) is 5.75 Å². The molecular formula is C16H22O4S. The van der Waals surface area contributed by atoms with Gasteiger partial charge < -0.3 is 0 Å². The Hall–Kier alpha value is -0.590. The Labute approximate surface area is 129 Å². The predicted octanol–water partition coefficient (Wildman–Crippen LogP) is 3.92. The van der Waals surface area contributed by atoms with Gasteiger partial charge >= 0.3 is 0 Å². The van der Waals surface area contributed by atoms with Gasteiger partial charge in [0.2, 0.25) is 0 Å². The number of hydrogen-bond acceptors (Lipinski definition) is 5. The second kappa shape index (κ2) is 5.89. The molecule has 2 bridgehead atoms. The van der Waals surface area contributed by atoms with Crippen LogP contribution in [0.5, 0.6) is 0 Å². The molecule has 21 heavy (non-hydrogen) atoms. The molecule has 1 saturated heterocycles. The van der Waals surface area contributed by atoms with Gasteiger partial charge in [-0.15, -0.1) is 11.8 Å². The van der Waals surface area contributed by atoms with Crippen LogP contribution < -0.4 is 0 Å². The van der Waals surface area contributed by atoms with Crippen LogP contribution in [0.1, 0.15) is 33.1 Å². The molecule has 0 aromatic heterocycles. The zero-order chi connectivity index (χ0) is 14.9. The summed E-state index contributed by atoms with van der Waals surface area (Å²) >= 11 is 1.79. The first kappa shape index (κ1) is 15.3. The first-order chi connectivity index (χ1) is 10.1. The van der Waals surface area contributed by atoms with Gasteiger partial charge in [0.25, 0.3) is 0 Å². The highest BCUT2D eigenvalue weighted by Crippen LogP contribution is 2.47. The molecule has 2 aliphatic rings. The van der Waals surface area contributed by atoms with Crippen LogP contribution in [0.4, 0.5) is 0 Å². The van der Waals surface area contributed by atoms with E-state index in [0.29, 0.717) is 5.92 Å². The topological polar surface area (TPSA) is 47.9 Å². The molecular weight excluding hydrogens is 288 g/mol. The summed E-state index contributed by atoms with van der Waals surface area (Å²) in [7, 11) is 0. The average Bonchev–Trinajstić information content (AvgIpc) is 2.53. The molecule has 1 N–H and O–H groups in total. The van der Waals surface area contributed by atoms with Gasteiger partial charge in [-0.05, 0) is 51.2 Å². The second-order valence-electron chi connectivity index (χ2n) is 6.46. The fourth-order valence-corrected chi connectivity index (χ4v) is 4.26. The molecule has 4 atom stereocenters. The zero-order valence-corrected chi connectivity index (χ0v) is 13.3. The van der Waals surface area contributed by atoms with E-state index >= 15 is 0 Å². The van der Waals surface area contributed by atoms with Crippen LogP contribution in [-0.4, -0.2) is 28.3 Å². The van der Waals surface area contributed by atoms with Gasteiger partial charge in [0.1, 0.15) is 17.3 Å². The molecule has 2 fully saturated rings. The molecule has 1 unspecified atom stereocenters. The van der Waals surface area contributed by atoms with E-state index in [1.54, 1.807) is 11.8 Å². The Morgan fingerprint density at radius 1 is 1.33 bits per heavy atom. The Morgan fingerprint density at radius 3 is 2.81 bits per heavy atom. The highest BCUT2D eigenvalue weighted by molar-refractivity contribution is 7.99. The Morgan fingerprint density at radius 2 is 2.10 bits per heavy atom. The molecule has 4 nitrogen and oxygen atoms in total. The Balaban J connectivity index is 1.65. The van der Waals surface area contributed by atoms with Crippen molar-refractivity contribution in [3.63, 3.8) is 0 Å². The minimum Gasteiger partial charge on any atom is -0.251 e. The lowest BCUT2D eigenvalue weighted by Gasteiger charge is -2.50. The van der Waals surface area contributed by atoms with E-state index < -0.39 is 5.60 Å². The summed E-state index contributed by atoms with van der Waals surface area (Å²) in [4.78, 5) is 17.2. The fourth-order valence-electron chi connectivity index (χ4n) is 3.17. The van der Waals surface area contributed by atoms with E-state index in [1.165, 1.54) is 4.90 Å². The number of rotatable bonds is 4. The van der Waals surface area contributed by atoms with Gasteiger partial charge in [-0.1, -0.05) is 18.2 Å². The van der Waals surface area contributed by atoms with Crippen LogP contribution in [0.25, 0.3) is 0 Å². The summed E-state index contributed by atoms with van der Waals surface area (Å²) in [5.41, 5.74) is -0.946. The lowest BCUT2D eigenvalue weighted by molar-refractivity contribution is -0.468. The maximum Gasteiger partial charge on any atom is 0.130 e. The Bertz CT molecular complexity index is 482. The van der Waals surface area contributed by atoms with E-state index in [2.05, 4.69) is 23.9 Å². The predicted molar refractivity (Wildman–Crippen MR) is 81.0 cm³/mol. The molecule has 1 saturated carbocycles. The van der Waals surface area contributed by atoms with Gasteiger partial charge in [0.05, 0.1) is 0 Å². The van der Waals surface area contributed by atoms with Crippen molar-refractivity contribution in [3.05, 3.63) is 30.3 Å². The first-order valence-electron chi connectivity index (χ1n) is 7.41. The third-order valence-electron chi connectivity index (χ3n) is 4.86. The van der Waals surface area contributed by atoms with E-state index in [0.717, 1.165) is 25.0 Å². The molecule has 1 aliphatic heterocycles. The van der Waals surface area contributed by atoms with Crippen molar-refractivity contribution < 1.29 is 19.9 Å². The molecule has 1 aromatic rings. The van der Waals surface area contributed by atoms with Crippen LogP contribution in [0.3, 0.4) is 0 Å². The van der Waals surface area contributed by atoms with Gasteiger partial charge in [0.15, 0.2) is 0 Å². The standard InChI is InChI=1S/C16H22O4S/c1-15(19-17)9-8-12-10-14(15)18-20-16(12,2)11-21-13-6-4-3-5-7-13/h3-7,12,14,17H,8-11H2,1-2H3/t12-,14-,15-,16?/m1/s1. The average molecular weight is 310 g/mol. The largest absolute Gasteiger partial charge is 0.251 e. The molecule has 0 spiro atoms. The fraction of sp³-hybridized carbons (Fsp3) is 0.625. The van der Waals surface area contributed by atoms with Gasteiger partial charge in [0, 0.05) is 10.6 Å². The van der Waals surface area contributed by atoms with Crippen LogP contribution in [0.2, 0.25) is 0 Å². The van der Waals surface area contributed by atoms with E-state index in [9.17, 15) is 0 Å². The van der Waals surface area contributed by atoms with E-state index in [-0.39, 0.29) is 11.7 Å². The molecule has 5 heteroatoms. The molecule has 0 amide bonds. The van der Waals surface area contributed by atoms with Crippen LogP contribution >= 0.6 is 11.8 Å². The SMILES string of the molecule is CC1(CSc2ccccc2)OO[C@@H]2C[C@H]1CC[C@@]2(C)OO. The summed E-state index contributed by atoms with van der Waals surface area (Å²) < 4.78 is 0. The van der Waals surface area contributed by atoms with E-state index in [1.807, 2.05) is 25.1 Å². The number of fused-ring (bicyclic) bond motifs is 2. The van der Waals surface area contributed by atoms with Crippen molar-refractivity contribution in [3.8, 4) is 0 Å². The second-order valence-corrected chi connectivity index (χ2v) is 7.51. The van der Waals surface area contributed by atoms with Gasteiger partial charge in [-0.3, -0.25) is 5.26 Å². The number of hydrogen-bond donors (Lipinski definition) is 1. The van der Waals surface area contributed by atoms with Crippen LogP contribution in [0, 0.1) is 5.92 Å². The summed E-state index contributed by atoms with van der Waals surface area (Å²) in [5, 5.41) is 9.10. The van der Waals surface area contributed by atoms with Crippen molar-refractivity contribution in [2.24, 2.45) is 5.92 Å². The molecule has 1 aliphatic carbocycles.